The Morgan fingerprint density at radius 1 is 1.11 bits per heavy atom. The Labute approximate surface area is 169 Å². The molecule has 148 valence electrons. The van der Waals surface area contributed by atoms with Crippen LogP contribution in [0.2, 0.25) is 0 Å². The van der Waals surface area contributed by atoms with E-state index in [2.05, 4.69) is 28.5 Å². The number of fused-ring (bicyclic) bond motifs is 1. The SMILES string of the molecule is COC(=O)C1CCN(CC(=O)N2CCc3sccc3C2c2ccccc2)CC1. The first-order valence-electron chi connectivity index (χ1n) is 9.88. The molecular formula is C22H26N2O3S. The number of benzene rings is 1. The number of amides is 1. The van der Waals surface area contributed by atoms with Crippen LogP contribution in [0.15, 0.2) is 41.8 Å². The Hall–Kier alpha value is -2.18. The number of carbonyl (C=O) groups excluding carboxylic acids is 2. The smallest absolute Gasteiger partial charge is 0.308 e. The van der Waals surface area contributed by atoms with Gasteiger partial charge in [0.05, 0.1) is 25.6 Å². The molecule has 2 aliphatic rings. The summed E-state index contributed by atoms with van der Waals surface area (Å²) in [6, 6.07) is 12.5. The first-order chi connectivity index (χ1) is 13.7. The molecule has 0 bridgehead atoms. The average Bonchev–Trinajstić information content (AvgIpc) is 3.22. The summed E-state index contributed by atoms with van der Waals surface area (Å²) in [5.41, 5.74) is 2.43. The van der Waals surface area contributed by atoms with Gasteiger partial charge in [0.1, 0.15) is 0 Å². The van der Waals surface area contributed by atoms with Crippen LogP contribution in [0.4, 0.5) is 0 Å². The molecule has 0 N–H and O–H groups in total. The van der Waals surface area contributed by atoms with Crippen LogP contribution in [0, 0.1) is 5.92 Å². The van der Waals surface area contributed by atoms with Gasteiger partial charge in [0.25, 0.3) is 0 Å². The van der Waals surface area contributed by atoms with Gasteiger partial charge in [0.2, 0.25) is 5.91 Å². The molecule has 1 amide bonds. The molecule has 4 rings (SSSR count). The number of likely N-dealkylation sites (tertiary alicyclic amines) is 1. The van der Waals surface area contributed by atoms with Crippen LogP contribution in [0.25, 0.3) is 0 Å². The molecule has 0 saturated carbocycles. The van der Waals surface area contributed by atoms with E-state index >= 15 is 0 Å². The standard InChI is InChI=1S/C22H26N2O3S/c1-27-22(26)17-7-11-23(12-8-17)15-20(25)24-13-9-19-18(10-14-28-19)21(24)16-5-3-2-4-6-16/h2-6,10,14,17,21H,7-9,11-13,15H2,1H3. The van der Waals surface area contributed by atoms with E-state index in [0.29, 0.717) is 6.54 Å². The van der Waals surface area contributed by atoms with Crippen LogP contribution >= 0.6 is 11.3 Å². The third-order valence-electron chi connectivity index (χ3n) is 5.88. The van der Waals surface area contributed by atoms with Crippen molar-refractivity contribution < 1.29 is 14.3 Å². The highest BCUT2D eigenvalue weighted by Gasteiger charge is 2.34. The number of esters is 1. The van der Waals surface area contributed by atoms with E-state index in [1.807, 2.05) is 23.1 Å². The van der Waals surface area contributed by atoms with Crippen molar-refractivity contribution in [1.29, 1.82) is 0 Å². The number of piperidine rings is 1. The number of carbonyl (C=O) groups is 2. The summed E-state index contributed by atoms with van der Waals surface area (Å²) < 4.78 is 4.86. The second-order valence-corrected chi connectivity index (χ2v) is 8.52. The van der Waals surface area contributed by atoms with Crippen LogP contribution in [-0.4, -0.2) is 55.0 Å². The molecule has 1 aromatic carbocycles. The van der Waals surface area contributed by atoms with E-state index in [1.54, 1.807) is 11.3 Å². The molecule has 2 aromatic rings. The molecule has 1 atom stereocenters. The van der Waals surface area contributed by atoms with Gasteiger partial charge in [-0.15, -0.1) is 11.3 Å². The Bertz CT molecular complexity index is 827. The summed E-state index contributed by atoms with van der Waals surface area (Å²) in [5.74, 6) is 0.00938. The van der Waals surface area contributed by atoms with Gasteiger partial charge < -0.3 is 9.64 Å². The molecule has 0 aliphatic carbocycles. The molecule has 1 saturated heterocycles. The van der Waals surface area contributed by atoms with Crippen LogP contribution < -0.4 is 0 Å². The molecule has 2 aliphatic heterocycles. The molecule has 6 heteroatoms. The summed E-state index contributed by atoms with van der Waals surface area (Å²) in [6.45, 7) is 2.69. The van der Waals surface area contributed by atoms with Gasteiger partial charge >= 0.3 is 5.97 Å². The van der Waals surface area contributed by atoms with Crippen molar-refractivity contribution in [2.24, 2.45) is 5.92 Å². The van der Waals surface area contributed by atoms with Gasteiger partial charge in [-0.3, -0.25) is 14.5 Å². The fourth-order valence-corrected chi connectivity index (χ4v) is 5.26. The van der Waals surface area contributed by atoms with E-state index in [4.69, 9.17) is 4.74 Å². The van der Waals surface area contributed by atoms with Crippen LogP contribution in [-0.2, 0) is 20.7 Å². The molecule has 1 unspecified atom stereocenters. The zero-order valence-corrected chi connectivity index (χ0v) is 17.0. The number of rotatable bonds is 4. The maximum absolute atomic E-state index is 13.2. The van der Waals surface area contributed by atoms with E-state index in [-0.39, 0.29) is 23.8 Å². The van der Waals surface area contributed by atoms with E-state index in [0.717, 1.165) is 38.9 Å². The quantitative estimate of drug-likeness (QED) is 0.743. The average molecular weight is 399 g/mol. The Kier molecular flexibility index (Phi) is 5.78. The fourth-order valence-electron chi connectivity index (χ4n) is 4.36. The summed E-state index contributed by atoms with van der Waals surface area (Å²) >= 11 is 1.79. The van der Waals surface area contributed by atoms with Crippen molar-refractivity contribution in [2.45, 2.75) is 25.3 Å². The lowest BCUT2D eigenvalue weighted by atomic mass is 9.93. The van der Waals surface area contributed by atoms with Crippen LogP contribution in [0.1, 0.15) is 34.9 Å². The van der Waals surface area contributed by atoms with Gasteiger partial charge in [0.15, 0.2) is 0 Å². The monoisotopic (exact) mass is 398 g/mol. The van der Waals surface area contributed by atoms with E-state index in [9.17, 15) is 9.59 Å². The molecule has 1 fully saturated rings. The topological polar surface area (TPSA) is 49.9 Å². The summed E-state index contributed by atoms with van der Waals surface area (Å²) in [6.07, 6.45) is 2.44. The third-order valence-corrected chi connectivity index (χ3v) is 6.88. The first-order valence-corrected chi connectivity index (χ1v) is 10.8. The van der Waals surface area contributed by atoms with Crippen molar-refractivity contribution >= 4 is 23.2 Å². The first kappa shape index (κ1) is 19.2. The highest BCUT2D eigenvalue weighted by molar-refractivity contribution is 7.10. The number of hydrogen-bond donors (Lipinski definition) is 0. The van der Waals surface area contributed by atoms with Crippen molar-refractivity contribution in [2.75, 3.05) is 33.3 Å². The summed E-state index contributed by atoms with van der Waals surface area (Å²) in [7, 11) is 1.44. The van der Waals surface area contributed by atoms with Gasteiger partial charge in [-0.25, -0.2) is 0 Å². The maximum atomic E-state index is 13.2. The molecule has 0 spiro atoms. The zero-order chi connectivity index (χ0) is 19.5. The number of hydrogen-bond acceptors (Lipinski definition) is 5. The second kappa shape index (κ2) is 8.45. The molecule has 3 heterocycles. The Morgan fingerprint density at radius 2 is 1.86 bits per heavy atom. The lowest BCUT2D eigenvalue weighted by Crippen LogP contribution is -2.47. The zero-order valence-electron chi connectivity index (χ0n) is 16.2. The largest absolute Gasteiger partial charge is 0.469 e. The molecule has 28 heavy (non-hydrogen) atoms. The predicted molar refractivity (Wildman–Crippen MR) is 109 cm³/mol. The van der Waals surface area contributed by atoms with Gasteiger partial charge in [0, 0.05) is 11.4 Å². The highest BCUT2D eigenvalue weighted by Crippen LogP contribution is 2.37. The number of ether oxygens (including phenoxy) is 1. The third kappa shape index (κ3) is 3.84. The normalized spacial score (nSPS) is 20.6. The second-order valence-electron chi connectivity index (χ2n) is 7.52. The number of nitrogens with zero attached hydrogens (tertiary/aromatic N) is 2. The van der Waals surface area contributed by atoms with Crippen molar-refractivity contribution in [3.05, 3.63) is 57.8 Å². The maximum Gasteiger partial charge on any atom is 0.308 e. The van der Waals surface area contributed by atoms with Crippen molar-refractivity contribution in [3.63, 3.8) is 0 Å². The van der Waals surface area contributed by atoms with E-state index in [1.165, 1.54) is 23.1 Å². The molecule has 5 nitrogen and oxygen atoms in total. The number of thiophene rings is 1. The lowest BCUT2D eigenvalue weighted by Gasteiger charge is -2.38. The Morgan fingerprint density at radius 3 is 2.57 bits per heavy atom. The number of methoxy groups -OCH3 is 1. The lowest BCUT2D eigenvalue weighted by molar-refractivity contribution is -0.147. The predicted octanol–water partition coefficient (Wildman–Crippen LogP) is 3.11. The van der Waals surface area contributed by atoms with Gasteiger partial charge in [-0.05, 0) is 54.9 Å². The molecule has 0 radical (unpaired) electrons. The highest BCUT2D eigenvalue weighted by atomic mass is 32.1. The van der Waals surface area contributed by atoms with Crippen LogP contribution in [0.5, 0.6) is 0 Å². The summed E-state index contributed by atoms with van der Waals surface area (Å²) in [4.78, 5) is 30.6. The Balaban J connectivity index is 1.47. The van der Waals surface area contributed by atoms with Crippen molar-refractivity contribution in [3.8, 4) is 0 Å². The minimum atomic E-state index is -0.129. The van der Waals surface area contributed by atoms with E-state index < -0.39 is 0 Å². The minimum absolute atomic E-state index is 0.00342. The van der Waals surface area contributed by atoms with Crippen LogP contribution in [0.3, 0.4) is 0 Å². The molecule has 1 aromatic heterocycles. The fraction of sp³-hybridized carbons (Fsp3) is 0.455. The summed E-state index contributed by atoms with van der Waals surface area (Å²) in [5, 5.41) is 2.13. The molecular weight excluding hydrogens is 372 g/mol. The minimum Gasteiger partial charge on any atom is -0.469 e. The van der Waals surface area contributed by atoms with Crippen molar-refractivity contribution in [1.82, 2.24) is 9.80 Å². The van der Waals surface area contributed by atoms with Gasteiger partial charge in [-0.2, -0.15) is 0 Å². The van der Waals surface area contributed by atoms with Gasteiger partial charge in [-0.1, -0.05) is 30.3 Å².